The first-order valence-electron chi connectivity index (χ1n) is 7.38. The van der Waals surface area contributed by atoms with E-state index in [0.717, 1.165) is 11.8 Å². The molecule has 1 amide bonds. The molecule has 120 valence electrons. The molecule has 2 N–H and O–H groups in total. The second kappa shape index (κ2) is 6.78. The van der Waals surface area contributed by atoms with Gasteiger partial charge in [0.1, 0.15) is 5.56 Å². The lowest BCUT2D eigenvalue weighted by molar-refractivity contribution is 0.0983. The molecule has 1 heterocycles. The molecular formula is C18H15N3O3. The number of aromatic amines is 2. The summed E-state index contributed by atoms with van der Waals surface area (Å²) in [6, 6.07) is 18.5. The number of nitrogens with zero attached hydrogens (tertiary/aromatic N) is 1. The van der Waals surface area contributed by atoms with Gasteiger partial charge in [-0.15, -0.1) is 0 Å². The topological polar surface area (TPSA) is 86.0 Å². The predicted octanol–water partition coefficient (Wildman–Crippen LogP) is 1.91. The fourth-order valence-electron chi connectivity index (χ4n) is 2.37. The van der Waals surface area contributed by atoms with Gasteiger partial charge in [-0.05, 0) is 17.7 Å². The summed E-state index contributed by atoms with van der Waals surface area (Å²) in [4.78, 5) is 41.9. The number of anilines is 1. The monoisotopic (exact) mass is 321 g/mol. The van der Waals surface area contributed by atoms with Gasteiger partial charge in [0.2, 0.25) is 0 Å². The molecule has 6 nitrogen and oxygen atoms in total. The molecule has 3 aromatic rings. The number of H-pyrrole nitrogens is 2. The molecule has 0 aliphatic heterocycles. The van der Waals surface area contributed by atoms with E-state index < -0.39 is 17.2 Å². The number of hydrogen-bond donors (Lipinski definition) is 2. The molecule has 0 radical (unpaired) electrons. The van der Waals surface area contributed by atoms with E-state index >= 15 is 0 Å². The van der Waals surface area contributed by atoms with E-state index in [4.69, 9.17) is 0 Å². The van der Waals surface area contributed by atoms with Crippen molar-refractivity contribution in [3.8, 4) is 0 Å². The van der Waals surface area contributed by atoms with E-state index in [0.29, 0.717) is 12.2 Å². The fraction of sp³-hybridized carbons (Fsp3) is 0.0556. The van der Waals surface area contributed by atoms with Crippen molar-refractivity contribution in [2.24, 2.45) is 0 Å². The van der Waals surface area contributed by atoms with E-state index in [1.165, 1.54) is 4.90 Å². The molecule has 0 atom stereocenters. The SMILES string of the molecule is O=C(c1c[nH]c(=O)[nH]c1=O)N(Cc1ccccc1)c1ccccc1. The molecule has 0 unspecified atom stereocenters. The summed E-state index contributed by atoms with van der Waals surface area (Å²) in [6.07, 6.45) is 1.14. The zero-order chi connectivity index (χ0) is 16.9. The molecule has 0 fully saturated rings. The third kappa shape index (κ3) is 3.33. The van der Waals surface area contributed by atoms with Crippen LogP contribution in [0, 0.1) is 0 Å². The van der Waals surface area contributed by atoms with Gasteiger partial charge in [-0.3, -0.25) is 14.6 Å². The minimum Gasteiger partial charge on any atom is -0.313 e. The van der Waals surface area contributed by atoms with Gasteiger partial charge in [-0.25, -0.2) is 4.79 Å². The van der Waals surface area contributed by atoms with Crippen molar-refractivity contribution in [1.82, 2.24) is 9.97 Å². The van der Waals surface area contributed by atoms with Gasteiger partial charge in [0.25, 0.3) is 11.5 Å². The van der Waals surface area contributed by atoms with E-state index in [2.05, 4.69) is 9.97 Å². The Bertz CT molecular complexity index is 946. The van der Waals surface area contributed by atoms with Gasteiger partial charge in [0.15, 0.2) is 0 Å². The molecule has 0 spiro atoms. The molecule has 2 aromatic carbocycles. The van der Waals surface area contributed by atoms with Crippen LogP contribution < -0.4 is 16.1 Å². The van der Waals surface area contributed by atoms with Crippen LogP contribution in [-0.4, -0.2) is 15.9 Å². The second-order valence-electron chi connectivity index (χ2n) is 5.20. The molecule has 3 rings (SSSR count). The van der Waals surface area contributed by atoms with E-state index in [-0.39, 0.29) is 5.56 Å². The number of amides is 1. The van der Waals surface area contributed by atoms with Gasteiger partial charge in [-0.2, -0.15) is 0 Å². The van der Waals surface area contributed by atoms with Gasteiger partial charge < -0.3 is 9.88 Å². The van der Waals surface area contributed by atoms with Crippen LogP contribution >= 0.6 is 0 Å². The van der Waals surface area contributed by atoms with Crippen molar-refractivity contribution in [2.45, 2.75) is 6.54 Å². The highest BCUT2D eigenvalue weighted by Crippen LogP contribution is 2.18. The Morgan fingerprint density at radius 2 is 1.54 bits per heavy atom. The van der Waals surface area contributed by atoms with Crippen LogP contribution in [0.3, 0.4) is 0 Å². The van der Waals surface area contributed by atoms with Crippen molar-refractivity contribution in [2.75, 3.05) is 4.90 Å². The minimum absolute atomic E-state index is 0.116. The number of hydrogen-bond acceptors (Lipinski definition) is 3. The Morgan fingerprint density at radius 3 is 2.17 bits per heavy atom. The van der Waals surface area contributed by atoms with Gasteiger partial charge >= 0.3 is 5.69 Å². The highest BCUT2D eigenvalue weighted by atomic mass is 16.2. The zero-order valence-corrected chi connectivity index (χ0v) is 12.7. The molecule has 6 heteroatoms. The van der Waals surface area contributed by atoms with Crippen LogP contribution in [0.4, 0.5) is 5.69 Å². The van der Waals surface area contributed by atoms with Crippen LogP contribution in [0.2, 0.25) is 0 Å². The molecule has 0 aliphatic carbocycles. The summed E-state index contributed by atoms with van der Waals surface area (Å²) in [7, 11) is 0. The quantitative estimate of drug-likeness (QED) is 0.769. The number of aromatic nitrogens is 2. The third-order valence-electron chi connectivity index (χ3n) is 3.55. The highest BCUT2D eigenvalue weighted by Gasteiger charge is 2.21. The fourth-order valence-corrected chi connectivity index (χ4v) is 2.37. The van der Waals surface area contributed by atoms with Gasteiger partial charge in [-0.1, -0.05) is 48.5 Å². The van der Waals surface area contributed by atoms with Crippen molar-refractivity contribution < 1.29 is 4.79 Å². The van der Waals surface area contributed by atoms with Crippen LogP contribution in [0.1, 0.15) is 15.9 Å². The summed E-state index contributed by atoms with van der Waals surface area (Å²) >= 11 is 0. The third-order valence-corrected chi connectivity index (χ3v) is 3.55. The summed E-state index contributed by atoms with van der Waals surface area (Å²) in [5.74, 6) is -0.484. The number of benzene rings is 2. The minimum atomic E-state index is -0.710. The molecule has 0 bridgehead atoms. The largest absolute Gasteiger partial charge is 0.325 e. The van der Waals surface area contributed by atoms with Crippen LogP contribution in [-0.2, 0) is 6.54 Å². The van der Waals surface area contributed by atoms with Crippen LogP contribution in [0.25, 0.3) is 0 Å². The average Bonchev–Trinajstić information content (AvgIpc) is 2.61. The molecule has 0 aliphatic rings. The Morgan fingerprint density at radius 1 is 0.917 bits per heavy atom. The second-order valence-corrected chi connectivity index (χ2v) is 5.20. The Hall–Kier alpha value is -3.41. The Balaban J connectivity index is 2.02. The first kappa shape index (κ1) is 15.5. The summed E-state index contributed by atoms with van der Waals surface area (Å²) in [5.41, 5.74) is 0.116. The first-order valence-corrected chi connectivity index (χ1v) is 7.38. The van der Waals surface area contributed by atoms with E-state index in [1.807, 2.05) is 48.5 Å². The van der Waals surface area contributed by atoms with Gasteiger partial charge in [0, 0.05) is 11.9 Å². The van der Waals surface area contributed by atoms with Crippen molar-refractivity contribution in [1.29, 1.82) is 0 Å². The summed E-state index contributed by atoms with van der Waals surface area (Å²) in [5, 5.41) is 0. The van der Waals surface area contributed by atoms with Crippen molar-refractivity contribution >= 4 is 11.6 Å². The molecule has 0 saturated heterocycles. The highest BCUT2D eigenvalue weighted by molar-refractivity contribution is 6.05. The lowest BCUT2D eigenvalue weighted by Gasteiger charge is -2.22. The smallest absolute Gasteiger partial charge is 0.313 e. The number of para-hydroxylation sites is 1. The molecule has 24 heavy (non-hydrogen) atoms. The number of nitrogens with one attached hydrogen (secondary N) is 2. The lowest BCUT2D eigenvalue weighted by Crippen LogP contribution is -2.36. The maximum absolute atomic E-state index is 12.9. The standard InChI is InChI=1S/C18H15N3O3/c22-16-15(11-19-18(24)20-16)17(23)21(14-9-5-2-6-10-14)12-13-7-3-1-4-8-13/h1-11H,12H2,(H2,19,20,22,24). The van der Waals surface area contributed by atoms with E-state index in [1.54, 1.807) is 12.1 Å². The molecule has 0 saturated carbocycles. The summed E-state index contributed by atoms with van der Waals surface area (Å²) in [6.45, 7) is 0.308. The van der Waals surface area contributed by atoms with Crippen LogP contribution in [0.15, 0.2) is 76.4 Å². The average molecular weight is 321 g/mol. The molecule has 1 aromatic heterocycles. The van der Waals surface area contributed by atoms with Crippen molar-refractivity contribution in [3.05, 3.63) is 98.8 Å². The van der Waals surface area contributed by atoms with Gasteiger partial charge in [0.05, 0.1) is 6.54 Å². The van der Waals surface area contributed by atoms with Crippen molar-refractivity contribution in [3.63, 3.8) is 0 Å². The number of rotatable bonds is 4. The summed E-state index contributed by atoms with van der Waals surface area (Å²) < 4.78 is 0. The predicted molar refractivity (Wildman–Crippen MR) is 91.1 cm³/mol. The Kier molecular flexibility index (Phi) is 4.38. The number of carbonyl (C=O) groups is 1. The first-order chi connectivity index (χ1) is 11.6. The Labute approximate surface area is 137 Å². The normalized spacial score (nSPS) is 10.3. The number of carbonyl (C=O) groups excluding carboxylic acids is 1. The lowest BCUT2D eigenvalue weighted by atomic mass is 10.1. The maximum Gasteiger partial charge on any atom is 0.325 e. The zero-order valence-electron chi connectivity index (χ0n) is 12.7. The molecular weight excluding hydrogens is 306 g/mol. The van der Waals surface area contributed by atoms with Crippen LogP contribution in [0.5, 0.6) is 0 Å². The van der Waals surface area contributed by atoms with E-state index in [9.17, 15) is 14.4 Å². The maximum atomic E-state index is 12.9.